The van der Waals surface area contributed by atoms with Gasteiger partial charge in [0, 0.05) is 12.1 Å². The Morgan fingerprint density at radius 1 is 1.38 bits per heavy atom. The molecular formula is C9H17N3O. The summed E-state index contributed by atoms with van der Waals surface area (Å²) < 4.78 is 0. The largest absolute Gasteiger partial charge is 0.368 e. The molecule has 0 aliphatic carbocycles. The monoisotopic (exact) mass is 183 g/mol. The summed E-state index contributed by atoms with van der Waals surface area (Å²) in [6.07, 6.45) is 3.78. The summed E-state index contributed by atoms with van der Waals surface area (Å²) in [5.41, 5.74) is 10.6. The van der Waals surface area contributed by atoms with Crippen LogP contribution in [0.3, 0.4) is 0 Å². The first-order valence-corrected chi connectivity index (χ1v) is 4.84. The van der Waals surface area contributed by atoms with Crippen molar-refractivity contribution in [2.75, 3.05) is 7.05 Å². The number of hydrogen-bond donors (Lipinski definition) is 2. The minimum atomic E-state index is -0.738. The van der Waals surface area contributed by atoms with Crippen LogP contribution in [0, 0.1) is 0 Å². The van der Waals surface area contributed by atoms with E-state index in [2.05, 4.69) is 11.9 Å². The maximum atomic E-state index is 11.2. The third kappa shape index (κ3) is 1.25. The minimum Gasteiger partial charge on any atom is -0.368 e. The van der Waals surface area contributed by atoms with Gasteiger partial charge in [0.1, 0.15) is 0 Å². The first-order chi connectivity index (χ1) is 6.03. The van der Waals surface area contributed by atoms with Crippen molar-refractivity contribution in [2.45, 2.75) is 43.3 Å². The van der Waals surface area contributed by atoms with Crippen LogP contribution in [-0.2, 0) is 4.79 Å². The second kappa shape index (κ2) is 2.69. The van der Waals surface area contributed by atoms with E-state index in [0.29, 0.717) is 12.1 Å². The van der Waals surface area contributed by atoms with Gasteiger partial charge in [-0.05, 0) is 32.7 Å². The molecule has 2 heterocycles. The molecule has 0 spiro atoms. The summed E-state index contributed by atoms with van der Waals surface area (Å²) >= 11 is 0. The molecule has 4 nitrogen and oxygen atoms in total. The number of rotatable bonds is 1. The highest BCUT2D eigenvalue weighted by atomic mass is 16.1. The molecule has 2 fully saturated rings. The summed E-state index contributed by atoms with van der Waals surface area (Å²) in [5, 5.41) is 0. The average molecular weight is 183 g/mol. The van der Waals surface area contributed by atoms with Crippen molar-refractivity contribution >= 4 is 5.91 Å². The van der Waals surface area contributed by atoms with Gasteiger partial charge in [-0.1, -0.05) is 0 Å². The number of nitrogens with two attached hydrogens (primary N) is 2. The number of piperidine rings is 1. The summed E-state index contributed by atoms with van der Waals surface area (Å²) in [4.78, 5) is 13.5. The maximum absolute atomic E-state index is 11.2. The molecule has 2 bridgehead atoms. The topological polar surface area (TPSA) is 72.3 Å². The van der Waals surface area contributed by atoms with Crippen molar-refractivity contribution in [3.8, 4) is 0 Å². The quantitative estimate of drug-likeness (QED) is 0.571. The molecule has 0 saturated carbocycles. The summed E-state index contributed by atoms with van der Waals surface area (Å²) in [5.74, 6) is -0.336. The van der Waals surface area contributed by atoms with Crippen LogP contribution in [0.1, 0.15) is 25.7 Å². The molecule has 1 amide bonds. The highest BCUT2D eigenvalue weighted by Crippen LogP contribution is 2.38. The number of carbonyl (C=O) groups excluding carboxylic acids is 1. The fraction of sp³-hybridized carbons (Fsp3) is 0.889. The van der Waals surface area contributed by atoms with Gasteiger partial charge in [-0.2, -0.15) is 0 Å². The number of carbonyl (C=O) groups is 1. The van der Waals surface area contributed by atoms with E-state index >= 15 is 0 Å². The van der Waals surface area contributed by atoms with Crippen molar-refractivity contribution in [1.82, 2.24) is 4.90 Å². The molecule has 2 aliphatic heterocycles. The van der Waals surface area contributed by atoms with Gasteiger partial charge in [-0.3, -0.25) is 4.79 Å². The first kappa shape index (κ1) is 8.97. The molecule has 13 heavy (non-hydrogen) atoms. The predicted molar refractivity (Wildman–Crippen MR) is 49.9 cm³/mol. The lowest BCUT2D eigenvalue weighted by atomic mass is 9.83. The predicted octanol–water partition coefficient (Wildman–Crippen LogP) is -0.574. The second-order valence-electron chi connectivity index (χ2n) is 4.48. The SMILES string of the molecule is CN1C2CCC1CC(N)(C(N)=O)C2. The highest BCUT2D eigenvalue weighted by molar-refractivity contribution is 5.84. The minimum absolute atomic E-state index is 0.336. The van der Waals surface area contributed by atoms with Crippen LogP contribution in [0.25, 0.3) is 0 Å². The third-order valence-electron chi connectivity index (χ3n) is 3.68. The van der Waals surface area contributed by atoms with Gasteiger partial charge in [-0.15, -0.1) is 0 Å². The average Bonchev–Trinajstić information content (AvgIpc) is 2.33. The Kier molecular flexibility index (Phi) is 1.85. The summed E-state index contributed by atoms with van der Waals surface area (Å²) in [6.45, 7) is 0. The maximum Gasteiger partial charge on any atom is 0.237 e. The van der Waals surface area contributed by atoms with Crippen LogP contribution in [-0.4, -0.2) is 35.5 Å². The van der Waals surface area contributed by atoms with E-state index in [0.717, 1.165) is 25.7 Å². The molecule has 4 N–H and O–H groups in total. The lowest BCUT2D eigenvalue weighted by Crippen LogP contribution is -2.61. The van der Waals surface area contributed by atoms with Gasteiger partial charge in [0.2, 0.25) is 5.91 Å². The van der Waals surface area contributed by atoms with Crippen LogP contribution in [0.2, 0.25) is 0 Å². The van der Waals surface area contributed by atoms with E-state index in [1.54, 1.807) is 0 Å². The van der Waals surface area contributed by atoms with Gasteiger partial charge in [-0.25, -0.2) is 0 Å². The van der Waals surface area contributed by atoms with Crippen molar-refractivity contribution in [1.29, 1.82) is 0 Å². The Hall–Kier alpha value is -0.610. The highest BCUT2D eigenvalue weighted by Gasteiger charge is 2.47. The zero-order valence-electron chi connectivity index (χ0n) is 7.99. The molecule has 2 aliphatic rings. The van der Waals surface area contributed by atoms with E-state index < -0.39 is 5.54 Å². The Morgan fingerprint density at radius 3 is 2.23 bits per heavy atom. The lowest BCUT2D eigenvalue weighted by molar-refractivity contribution is -0.125. The molecule has 2 saturated heterocycles. The first-order valence-electron chi connectivity index (χ1n) is 4.84. The van der Waals surface area contributed by atoms with E-state index in [1.807, 2.05) is 0 Å². The number of hydrogen-bond acceptors (Lipinski definition) is 3. The normalized spacial score (nSPS) is 45.1. The van der Waals surface area contributed by atoms with Crippen LogP contribution < -0.4 is 11.5 Å². The zero-order chi connectivity index (χ0) is 9.64. The second-order valence-corrected chi connectivity index (χ2v) is 4.48. The van der Waals surface area contributed by atoms with Gasteiger partial charge >= 0.3 is 0 Å². The number of primary amides is 1. The van der Waals surface area contributed by atoms with Crippen molar-refractivity contribution in [2.24, 2.45) is 11.5 Å². The van der Waals surface area contributed by atoms with Crippen LogP contribution in [0.5, 0.6) is 0 Å². The third-order valence-corrected chi connectivity index (χ3v) is 3.68. The molecule has 0 aromatic heterocycles. The van der Waals surface area contributed by atoms with Gasteiger partial charge in [0.05, 0.1) is 5.54 Å². The molecule has 74 valence electrons. The van der Waals surface area contributed by atoms with E-state index in [-0.39, 0.29) is 5.91 Å². The van der Waals surface area contributed by atoms with Gasteiger partial charge < -0.3 is 16.4 Å². The van der Waals surface area contributed by atoms with Crippen molar-refractivity contribution in [3.63, 3.8) is 0 Å². The number of nitrogens with zero attached hydrogens (tertiary/aromatic N) is 1. The Labute approximate surface area is 78.2 Å². The lowest BCUT2D eigenvalue weighted by Gasteiger charge is -2.41. The molecule has 0 aromatic rings. The smallest absolute Gasteiger partial charge is 0.237 e. The van der Waals surface area contributed by atoms with Crippen molar-refractivity contribution < 1.29 is 4.79 Å². The summed E-state index contributed by atoms with van der Waals surface area (Å²) in [6, 6.07) is 0.937. The fourth-order valence-corrected chi connectivity index (χ4v) is 2.71. The zero-order valence-corrected chi connectivity index (χ0v) is 7.99. The number of fused-ring (bicyclic) bond motifs is 2. The Bertz CT molecular complexity index is 227. The van der Waals surface area contributed by atoms with E-state index in [4.69, 9.17) is 11.5 Å². The Morgan fingerprint density at radius 2 is 1.85 bits per heavy atom. The molecule has 0 radical (unpaired) electrons. The van der Waals surface area contributed by atoms with Gasteiger partial charge in [0.15, 0.2) is 0 Å². The van der Waals surface area contributed by atoms with E-state index in [9.17, 15) is 4.79 Å². The molecule has 2 unspecified atom stereocenters. The van der Waals surface area contributed by atoms with Crippen LogP contribution in [0.15, 0.2) is 0 Å². The molecule has 4 heteroatoms. The van der Waals surface area contributed by atoms with Crippen LogP contribution in [0.4, 0.5) is 0 Å². The molecule has 2 atom stereocenters. The fourth-order valence-electron chi connectivity index (χ4n) is 2.71. The summed E-state index contributed by atoms with van der Waals surface area (Å²) in [7, 11) is 2.11. The van der Waals surface area contributed by atoms with Gasteiger partial charge in [0.25, 0.3) is 0 Å². The van der Waals surface area contributed by atoms with Crippen molar-refractivity contribution in [3.05, 3.63) is 0 Å². The molecular weight excluding hydrogens is 166 g/mol. The van der Waals surface area contributed by atoms with Crippen LogP contribution >= 0.6 is 0 Å². The molecule has 0 aromatic carbocycles. The molecule has 2 rings (SSSR count). The van der Waals surface area contributed by atoms with E-state index in [1.165, 1.54) is 0 Å². The number of amides is 1. The Balaban J connectivity index is 2.19. The standard InChI is InChI=1S/C9H17N3O/c1-12-6-2-3-7(12)5-9(11,4-6)8(10)13/h6-7H,2-5,11H2,1H3,(H2,10,13).